The number of para-hydroxylation sites is 1. The van der Waals surface area contributed by atoms with Crippen molar-refractivity contribution in [1.29, 1.82) is 0 Å². The molecule has 33 heavy (non-hydrogen) atoms. The average Bonchev–Trinajstić information content (AvgIpc) is 2.88. The lowest BCUT2D eigenvalue weighted by Crippen LogP contribution is -2.48. The van der Waals surface area contributed by atoms with Crippen molar-refractivity contribution in [3.8, 4) is 5.75 Å². The third kappa shape index (κ3) is 4.46. The molecule has 0 saturated carbocycles. The SMILES string of the molecule is O=C(c1cc(=O)c2c(OCc3ccccc3)cccc2o1)N1CCN(c2ccccc2)CC1. The van der Waals surface area contributed by atoms with E-state index in [2.05, 4.69) is 17.0 Å². The van der Waals surface area contributed by atoms with Crippen LogP contribution >= 0.6 is 0 Å². The molecule has 3 aromatic carbocycles. The minimum absolute atomic E-state index is 0.0564. The molecule has 1 aromatic heterocycles. The second-order valence-electron chi connectivity index (χ2n) is 7.99. The highest BCUT2D eigenvalue weighted by Crippen LogP contribution is 2.25. The van der Waals surface area contributed by atoms with Crippen LogP contribution < -0.4 is 15.1 Å². The zero-order chi connectivity index (χ0) is 22.6. The van der Waals surface area contributed by atoms with E-state index in [4.69, 9.17) is 9.15 Å². The summed E-state index contributed by atoms with van der Waals surface area (Å²) < 4.78 is 11.8. The summed E-state index contributed by atoms with van der Waals surface area (Å²) in [5.74, 6) is 0.235. The van der Waals surface area contributed by atoms with E-state index in [0.717, 1.165) is 24.3 Å². The van der Waals surface area contributed by atoms with Gasteiger partial charge in [-0.1, -0.05) is 54.6 Å². The highest BCUT2D eigenvalue weighted by Gasteiger charge is 2.25. The second-order valence-corrected chi connectivity index (χ2v) is 7.99. The van der Waals surface area contributed by atoms with Crippen LogP contribution in [0, 0.1) is 0 Å². The van der Waals surface area contributed by atoms with Crippen molar-refractivity contribution in [3.05, 3.63) is 106 Å². The lowest BCUT2D eigenvalue weighted by molar-refractivity contribution is 0.0715. The Balaban J connectivity index is 1.33. The monoisotopic (exact) mass is 440 g/mol. The largest absolute Gasteiger partial charge is 0.488 e. The smallest absolute Gasteiger partial charge is 0.289 e. The lowest BCUT2D eigenvalue weighted by atomic mass is 10.2. The Bertz CT molecular complexity index is 1310. The molecule has 1 saturated heterocycles. The summed E-state index contributed by atoms with van der Waals surface area (Å²) in [6, 6.07) is 26.4. The number of amides is 1. The first-order valence-electron chi connectivity index (χ1n) is 11.0. The number of fused-ring (bicyclic) bond motifs is 1. The summed E-state index contributed by atoms with van der Waals surface area (Å²) >= 11 is 0. The van der Waals surface area contributed by atoms with Crippen molar-refractivity contribution in [2.75, 3.05) is 31.1 Å². The van der Waals surface area contributed by atoms with Crippen LogP contribution in [-0.2, 0) is 6.61 Å². The van der Waals surface area contributed by atoms with Gasteiger partial charge < -0.3 is 19.0 Å². The molecule has 6 nitrogen and oxygen atoms in total. The number of carbonyl (C=O) groups is 1. The molecule has 4 aromatic rings. The molecule has 166 valence electrons. The van der Waals surface area contributed by atoms with Crippen molar-refractivity contribution >= 4 is 22.6 Å². The molecule has 0 atom stereocenters. The predicted molar refractivity (Wildman–Crippen MR) is 128 cm³/mol. The van der Waals surface area contributed by atoms with Crippen molar-refractivity contribution in [2.45, 2.75) is 6.61 Å². The van der Waals surface area contributed by atoms with Gasteiger partial charge in [0.05, 0.1) is 0 Å². The van der Waals surface area contributed by atoms with E-state index in [0.29, 0.717) is 36.4 Å². The molecule has 1 aliphatic rings. The Morgan fingerprint density at radius 3 is 2.27 bits per heavy atom. The zero-order valence-electron chi connectivity index (χ0n) is 18.1. The normalized spacial score (nSPS) is 13.8. The third-order valence-corrected chi connectivity index (χ3v) is 5.85. The van der Waals surface area contributed by atoms with Gasteiger partial charge in [-0.2, -0.15) is 0 Å². The van der Waals surface area contributed by atoms with Crippen molar-refractivity contribution in [3.63, 3.8) is 0 Å². The molecule has 0 radical (unpaired) electrons. The van der Waals surface area contributed by atoms with Crippen LogP contribution in [0.1, 0.15) is 16.1 Å². The van der Waals surface area contributed by atoms with Crippen LogP contribution in [0.2, 0.25) is 0 Å². The minimum atomic E-state index is -0.286. The number of nitrogens with zero attached hydrogens (tertiary/aromatic N) is 2. The number of hydrogen-bond acceptors (Lipinski definition) is 5. The van der Waals surface area contributed by atoms with Gasteiger partial charge in [-0.25, -0.2) is 0 Å². The topological polar surface area (TPSA) is 63.0 Å². The van der Waals surface area contributed by atoms with Gasteiger partial charge in [-0.05, 0) is 29.8 Å². The standard InChI is InChI=1S/C27H24N2O4/c30-22-18-25(27(31)29-16-14-28(15-17-29)21-10-5-2-6-11-21)33-24-13-7-12-23(26(22)24)32-19-20-8-3-1-4-9-20/h1-13,18H,14-17,19H2. The number of hydrogen-bond donors (Lipinski definition) is 0. The molecule has 5 rings (SSSR count). The van der Waals surface area contributed by atoms with Crippen LogP contribution in [0.4, 0.5) is 5.69 Å². The van der Waals surface area contributed by atoms with Crippen LogP contribution in [0.25, 0.3) is 11.0 Å². The van der Waals surface area contributed by atoms with E-state index in [-0.39, 0.29) is 17.1 Å². The Labute approximate surface area is 191 Å². The molecule has 1 amide bonds. The maximum absolute atomic E-state index is 13.1. The molecule has 0 bridgehead atoms. The van der Waals surface area contributed by atoms with Gasteiger partial charge in [0, 0.05) is 37.9 Å². The van der Waals surface area contributed by atoms with Gasteiger partial charge in [-0.3, -0.25) is 9.59 Å². The maximum Gasteiger partial charge on any atom is 0.289 e. The van der Waals surface area contributed by atoms with Gasteiger partial charge in [0.25, 0.3) is 5.91 Å². The number of benzene rings is 3. The van der Waals surface area contributed by atoms with Gasteiger partial charge >= 0.3 is 0 Å². The molecule has 0 N–H and O–H groups in total. The molecule has 0 spiro atoms. The van der Waals surface area contributed by atoms with Gasteiger partial charge in [0.1, 0.15) is 23.3 Å². The molecule has 1 aliphatic heterocycles. The molecular weight excluding hydrogens is 416 g/mol. The van der Waals surface area contributed by atoms with E-state index >= 15 is 0 Å². The van der Waals surface area contributed by atoms with Crippen LogP contribution in [0.5, 0.6) is 5.75 Å². The quantitative estimate of drug-likeness (QED) is 0.462. The van der Waals surface area contributed by atoms with Crippen LogP contribution in [-0.4, -0.2) is 37.0 Å². The van der Waals surface area contributed by atoms with E-state index in [9.17, 15) is 9.59 Å². The summed E-state index contributed by atoms with van der Waals surface area (Å²) in [6.45, 7) is 2.92. The van der Waals surface area contributed by atoms with Crippen molar-refractivity contribution in [2.24, 2.45) is 0 Å². The molecular formula is C27H24N2O4. The summed E-state index contributed by atoms with van der Waals surface area (Å²) in [5, 5.41) is 0.346. The zero-order valence-corrected chi connectivity index (χ0v) is 18.1. The summed E-state index contributed by atoms with van der Waals surface area (Å²) in [5.41, 5.74) is 2.20. The minimum Gasteiger partial charge on any atom is -0.488 e. The summed E-state index contributed by atoms with van der Waals surface area (Å²) in [6.07, 6.45) is 0. The van der Waals surface area contributed by atoms with Crippen LogP contribution in [0.3, 0.4) is 0 Å². The Kier molecular flexibility index (Phi) is 5.81. The fraction of sp³-hybridized carbons (Fsp3) is 0.185. The van der Waals surface area contributed by atoms with Crippen molar-refractivity contribution < 1.29 is 13.9 Å². The number of piperazine rings is 1. The second kappa shape index (κ2) is 9.20. The Morgan fingerprint density at radius 2 is 1.55 bits per heavy atom. The predicted octanol–water partition coefficient (Wildman–Crippen LogP) is 4.33. The maximum atomic E-state index is 13.1. The molecule has 6 heteroatoms. The Hall–Kier alpha value is -4.06. The van der Waals surface area contributed by atoms with E-state index in [1.807, 2.05) is 48.5 Å². The molecule has 2 heterocycles. The van der Waals surface area contributed by atoms with Crippen molar-refractivity contribution in [1.82, 2.24) is 4.90 Å². The fourth-order valence-corrected chi connectivity index (χ4v) is 4.10. The lowest BCUT2D eigenvalue weighted by Gasteiger charge is -2.35. The first-order valence-corrected chi connectivity index (χ1v) is 11.0. The highest BCUT2D eigenvalue weighted by molar-refractivity contribution is 5.94. The number of ether oxygens (including phenoxy) is 1. The molecule has 1 fully saturated rings. The molecule has 0 aliphatic carbocycles. The van der Waals surface area contributed by atoms with Gasteiger partial charge in [0.15, 0.2) is 11.2 Å². The fourth-order valence-electron chi connectivity index (χ4n) is 4.10. The summed E-state index contributed by atoms with van der Waals surface area (Å²) in [4.78, 5) is 30.0. The van der Waals surface area contributed by atoms with E-state index < -0.39 is 0 Å². The number of anilines is 1. The third-order valence-electron chi connectivity index (χ3n) is 5.85. The summed E-state index contributed by atoms with van der Waals surface area (Å²) in [7, 11) is 0. The Morgan fingerprint density at radius 1 is 0.848 bits per heavy atom. The van der Waals surface area contributed by atoms with Crippen LogP contribution in [0.15, 0.2) is 94.1 Å². The highest BCUT2D eigenvalue weighted by atomic mass is 16.5. The van der Waals surface area contributed by atoms with E-state index in [1.165, 1.54) is 6.07 Å². The van der Waals surface area contributed by atoms with Gasteiger partial charge in [0.2, 0.25) is 0 Å². The number of carbonyl (C=O) groups excluding carboxylic acids is 1. The van der Waals surface area contributed by atoms with E-state index in [1.54, 1.807) is 23.1 Å². The first-order chi connectivity index (χ1) is 16.2. The number of rotatable bonds is 5. The molecule has 0 unspecified atom stereocenters. The van der Waals surface area contributed by atoms with Gasteiger partial charge in [-0.15, -0.1) is 0 Å². The average molecular weight is 440 g/mol. The first kappa shape index (κ1) is 20.8.